The first kappa shape index (κ1) is 17.6. The molecule has 2 fully saturated rings. The summed E-state index contributed by atoms with van der Waals surface area (Å²) in [6.07, 6.45) is 3.40. The predicted molar refractivity (Wildman–Crippen MR) is 84.2 cm³/mol. The van der Waals surface area contributed by atoms with E-state index in [0.29, 0.717) is 11.7 Å². The monoisotopic (exact) mass is 330 g/mol. The highest BCUT2D eigenvalue weighted by Gasteiger charge is 2.39. The highest BCUT2D eigenvalue weighted by molar-refractivity contribution is 8.00. The highest BCUT2D eigenvalue weighted by Crippen LogP contribution is 2.43. The van der Waals surface area contributed by atoms with Crippen LogP contribution in [0.2, 0.25) is 0 Å². The molecule has 0 amide bonds. The van der Waals surface area contributed by atoms with E-state index in [4.69, 9.17) is 14.2 Å². The molecule has 0 spiro atoms. The predicted octanol–water partition coefficient (Wildman–Crippen LogP) is 3.11. The van der Waals surface area contributed by atoms with Crippen molar-refractivity contribution in [1.82, 2.24) is 0 Å². The SMILES string of the molecule is CC(=O)O[C@H]1CS[C@H](C(=O)OC2CCCC(C)(C(C)C)C2)O1. The van der Waals surface area contributed by atoms with Gasteiger partial charge in [0.1, 0.15) is 6.10 Å². The molecule has 0 aromatic heterocycles. The topological polar surface area (TPSA) is 61.8 Å². The number of ether oxygens (including phenoxy) is 3. The normalized spacial score (nSPS) is 35.4. The number of rotatable bonds is 4. The maximum absolute atomic E-state index is 12.2. The zero-order valence-electron chi connectivity index (χ0n) is 13.8. The number of hydrogen-bond donors (Lipinski definition) is 0. The highest BCUT2D eigenvalue weighted by atomic mass is 32.2. The second kappa shape index (κ2) is 7.21. The van der Waals surface area contributed by atoms with Crippen molar-refractivity contribution in [3.8, 4) is 0 Å². The van der Waals surface area contributed by atoms with Crippen LogP contribution >= 0.6 is 11.8 Å². The number of carbonyl (C=O) groups is 2. The molecule has 0 aromatic carbocycles. The Labute approximate surface area is 136 Å². The Balaban J connectivity index is 1.83. The van der Waals surface area contributed by atoms with Crippen molar-refractivity contribution in [2.45, 2.75) is 71.2 Å². The lowest BCUT2D eigenvalue weighted by molar-refractivity contribution is -0.183. The average Bonchev–Trinajstić information content (AvgIpc) is 2.86. The first-order chi connectivity index (χ1) is 10.3. The van der Waals surface area contributed by atoms with E-state index in [1.54, 1.807) is 0 Å². The zero-order valence-corrected chi connectivity index (χ0v) is 14.6. The van der Waals surface area contributed by atoms with Gasteiger partial charge in [-0.25, -0.2) is 4.79 Å². The van der Waals surface area contributed by atoms with Gasteiger partial charge in [-0.1, -0.05) is 20.8 Å². The summed E-state index contributed by atoms with van der Waals surface area (Å²) in [5, 5.41) is 0. The van der Waals surface area contributed by atoms with Crippen LogP contribution in [0.1, 0.15) is 53.4 Å². The van der Waals surface area contributed by atoms with Gasteiger partial charge in [0, 0.05) is 6.92 Å². The van der Waals surface area contributed by atoms with Crippen LogP contribution in [0.25, 0.3) is 0 Å². The summed E-state index contributed by atoms with van der Waals surface area (Å²) in [5.41, 5.74) is -0.454. The van der Waals surface area contributed by atoms with E-state index in [1.807, 2.05) is 0 Å². The van der Waals surface area contributed by atoms with Gasteiger partial charge in [0.05, 0.1) is 5.75 Å². The smallest absolute Gasteiger partial charge is 0.346 e. The minimum Gasteiger partial charge on any atom is -0.460 e. The van der Waals surface area contributed by atoms with Crippen molar-refractivity contribution in [2.24, 2.45) is 11.3 Å². The lowest BCUT2D eigenvalue weighted by Gasteiger charge is -2.41. The molecule has 1 saturated heterocycles. The third kappa shape index (κ3) is 4.38. The molecule has 1 aliphatic heterocycles. The Bertz CT molecular complexity index is 425. The van der Waals surface area contributed by atoms with E-state index in [0.717, 1.165) is 19.3 Å². The number of hydrogen-bond acceptors (Lipinski definition) is 6. The van der Waals surface area contributed by atoms with E-state index < -0.39 is 17.7 Å². The minimum absolute atomic E-state index is 0.0365. The van der Waals surface area contributed by atoms with Crippen molar-refractivity contribution < 1.29 is 23.8 Å². The quantitative estimate of drug-likeness (QED) is 0.738. The molecular formula is C16H26O5S. The summed E-state index contributed by atoms with van der Waals surface area (Å²) in [5.74, 6) is 0.282. The Morgan fingerprint density at radius 3 is 2.68 bits per heavy atom. The minimum atomic E-state index is -0.684. The van der Waals surface area contributed by atoms with Gasteiger partial charge >= 0.3 is 11.9 Å². The van der Waals surface area contributed by atoms with E-state index >= 15 is 0 Å². The molecule has 2 aliphatic rings. The van der Waals surface area contributed by atoms with Gasteiger partial charge in [-0.05, 0) is 37.0 Å². The van der Waals surface area contributed by atoms with Crippen molar-refractivity contribution in [1.29, 1.82) is 0 Å². The van der Waals surface area contributed by atoms with E-state index in [-0.39, 0.29) is 17.5 Å². The van der Waals surface area contributed by atoms with Crippen LogP contribution in [0.4, 0.5) is 0 Å². The summed E-state index contributed by atoms with van der Waals surface area (Å²) in [7, 11) is 0. The lowest BCUT2D eigenvalue weighted by atomic mass is 9.67. The molecule has 2 unspecified atom stereocenters. The molecule has 1 heterocycles. The van der Waals surface area contributed by atoms with Crippen molar-refractivity contribution in [3.05, 3.63) is 0 Å². The molecule has 4 atom stereocenters. The molecule has 126 valence electrons. The molecule has 0 aromatic rings. The molecule has 0 radical (unpaired) electrons. The van der Waals surface area contributed by atoms with Crippen LogP contribution in [0.3, 0.4) is 0 Å². The maximum Gasteiger partial charge on any atom is 0.346 e. The molecule has 22 heavy (non-hydrogen) atoms. The first-order valence-electron chi connectivity index (χ1n) is 7.95. The van der Waals surface area contributed by atoms with Gasteiger partial charge in [-0.15, -0.1) is 11.8 Å². The van der Waals surface area contributed by atoms with E-state index in [1.165, 1.54) is 25.1 Å². The summed E-state index contributed by atoms with van der Waals surface area (Å²) in [6.45, 7) is 8.05. The number of thioether (sulfide) groups is 1. The molecule has 2 rings (SSSR count). The standard InChI is InChI=1S/C16H26O5S/c1-10(2)16(4)7-5-6-12(8-16)20-14(18)15-21-13(9-22-15)19-11(3)17/h10,12-13,15H,5-9H2,1-4H3/t12?,13-,15-,16?/m1/s1. The fourth-order valence-electron chi connectivity index (χ4n) is 3.06. The van der Waals surface area contributed by atoms with Crippen molar-refractivity contribution in [2.75, 3.05) is 5.75 Å². The summed E-state index contributed by atoms with van der Waals surface area (Å²) in [6, 6.07) is 0. The molecule has 1 aliphatic carbocycles. The Kier molecular flexibility index (Phi) is 5.77. The fraction of sp³-hybridized carbons (Fsp3) is 0.875. The van der Waals surface area contributed by atoms with Gasteiger partial charge in [0.15, 0.2) is 0 Å². The Hall–Kier alpha value is -0.750. The largest absolute Gasteiger partial charge is 0.460 e. The van der Waals surface area contributed by atoms with Crippen LogP contribution in [0.15, 0.2) is 0 Å². The van der Waals surface area contributed by atoms with Gasteiger partial charge in [-0.2, -0.15) is 0 Å². The number of esters is 2. The third-order valence-electron chi connectivity index (χ3n) is 4.79. The second-order valence-electron chi connectivity index (χ2n) is 6.80. The molecule has 5 nitrogen and oxygen atoms in total. The van der Waals surface area contributed by atoms with Gasteiger partial charge in [0.2, 0.25) is 11.7 Å². The van der Waals surface area contributed by atoms with E-state index in [9.17, 15) is 9.59 Å². The summed E-state index contributed by atoms with van der Waals surface area (Å²) < 4.78 is 16.0. The van der Waals surface area contributed by atoms with Gasteiger partial charge in [0.25, 0.3) is 0 Å². The zero-order chi connectivity index (χ0) is 16.3. The van der Waals surface area contributed by atoms with Gasteiger partial charge < -0.3 is 14.2 Å². The van der Waals surface area contributed by atoms with Crippen molar-refractivity contribution in [3.63, 3.8) is 0 Å². The van der Waals surface area contributed by atoms with Crippen LogP contribution in [0, 0.1) is 11.3 Å². The number of carbonyl (C=O) groups excluding carboxylic acids is 2. The first-order valence-corrected chi connectivity index (χ1v) is 9.00. The molecule has 6 heteroatoms. The average molecular weight is 330 g/mol. The summed E-state index contributed by atoms with van der Waals surface area (Å²) in [4.78, 5) is 23.1. The van der Waals surface area contributed by atoms with Gasteiger partial charge in [-0.3, -0.25) is 4.79 Å². The van der Waals surface area contributed by atoms with E-state index in [2.05, 4.69) is 20.8 Å². The van der Waals surface area contributed by atoms with Crippen LogP contribution < -0.4 is 0 Å². The van der Waals surface area contributed by atoms with Crippen LogP contribution in [-0.4, -0.2) is 35.5 Å². The lowest BCUT2D eigenvalue weighted by Crippen LogP contribution is -2.37. The molecular weight excluding hydrogens is 304 g/mol. The Morgan fingerprint density at radius 1 is 1.32 bits per heavy atom. The molecule has 1 saturated carbocycles. The summed E-state index contributed by atoms with van der Waals surface area (Å²) >= 11 is 1.32. The maximum atomic E-state index is 12.2. The Morgan fingerprint density at radius 2 is 2.05 bits per heavy atom. The fourth-order valence-corrected chi connectivity index (χ4v) is 3.93. The van der Waals surface area contributed by atoms with Crippen LogP contribution in [-0.2, 0) is 23.8 Å². The second-order valence-corrected chi connectivity index (χ2v) is 7.90. The molecule has 0 N–H and O–H groups in total. The van der Waals surface area contributed by atoms with Crippen LogP contribution in [0.5, 0.6) is 0 Å². The van der Waals surface area contributed by atoms with Crippen molar-refractivity contribution >= 4 is 23.7 Å². The molecule has 0 bridgehead atoms. The third-order valence-corrected chi connectivity index (χ3v) is 5.86.